The fraction of sp³-hybridized carbons (Fsp3) is 0.600. The van der Waals surface area contributed by atoms with E-state index in [1.165, 1.54) is 0 Å². The molecule has 1 N–H and O–H groups in total. The molecule has 0 atom stereocenters. The fourth-order valence-electron chi connectivity index (χ4n) is 1.95. The highest BCUT2D eigenvalue weighted by molar-refractivity contribution is 5.13. The molecule has 4 heteroatoms. The maximum Gasteiger partial charge on any atom is 0.105 e. The number of hydrogen-bond donors (Lipinski definition) is 1. The third kappa shape index (κ3) is 4.88. The fourth-order valence-corrected chi connectivity index (χ4v) is 1.95. The predicted molar refractivity (Wildman–Crippen MR) is 69.3 cm³/mol. The summed E-state index contributed by atoms with van der Waals surface area (Å²) in [4.78, 5) is 0. The van der Waals surface area contributed by atoms with E-state index in [4.69, 9.17) is 9.84 Å². The molecule has 0 spiro atoms. The van der Waals surface area contributed by atoms with E-state index in [-0.39, 0.29) is 12.2 Å². The van der Waals surface area contributed by atoms with Crippen LogP contribution in [0, 0.1) is 0 Å². The zero-order valence-electron chi connectivity index (χ0n) is 10.8. The average molecular weight is 270 g/mol. The van der Waals surface area contributed by atoms with Crippen molar-refractivity contribution in [3.8, 4) is 0 Å². The molecule has 0 aromatic heterocycles. The molecule has 1 aromatic carbocycles. The number of alkyl halides is 2. The number of rotatable bonds is 3. The molecule has 3 rings (SSSR count). The summed E-state index contributed by atoms with van der Waals surface area (Å²) in [5.41, 5.74) is 1.16. The third-order valence-electron chi connectivity index (χ3n) is 3.42. The quantitative estimate of drug-likeness (QED) is 0.914. The molecule has 1 aromatic rings. The molecule has 2 aliphatic carbocycles. The van der Waals surface area contributed by atoms with Gasteiger partial charge < -0.3 is 9.84 Å². The highest BCUT2D eigenvalue weighted by Crippen LogP contribution is 2.26. The van der Waals surface area contributed by atoms with Gasteiger partial charge in [0.15, 0.2) is 0 Å². The van der Waals surface area contributed by atoms with Gasteiger partial charge in [-0.25, -0.2) is 8.78 Å². The largest absolute Gasteiger partial charge is 0.393 e. The lowest BCUT2D eigenvalue weighted by Gasteiger charge is -2.29. The van der Waals surface area contributed by atoms with E-state index in [0.717, 1.165) is 5.56 Å². The molecule has 0 aliphatic heterocycles. The summed E-state index contributed by atoms with van der Waals surface area (Å²) in [6.07, 6.45) is 0.357. The van der Waals surface area contributed by atoms with Crippen LogP contribution in [0.1, 0.15) is 31.2 Å². The van der Waals surface area contributed by atoms with Gasteiger partial charge in [-0.3, -0.25) is 0 Å². The van der Waals surface area contributed by atoms with Crippen molar-refractivity contribution in [2.75, 3.05) is 0 Å². The van der Waals surface area contributed by atoms with Gasteiger partial charge in [0.05, 0.1) is 18.8 Å². The summed E-state index contributed by atoms with van der Waals surface area (Å²) < 4.78 is 29.5. The molecule has 0 radical (unpaired) electrons. The molecule has 0 unspecified atom stereocenters. The number of hydrogen-bond acceptors (Lipinski definition) is 2. The maximum atomic E-state index is 12.4. The molecule has 0 bridgehead atoms. The molecular formula is C15H20F2O2. The molecule has 2 aliphatic rings. The molecule has 2 nitrogen and oxygen atoms in total. The Balaban J connectivity index is 0.000000186. The molecule has 2 fully saturated rings. The molecule has 2 saturated carbocycles. The van der Waals surface area contributed by atoms with Crippen LogP contribution in [0.25, 0.3) is 0 Å². The Labute approximate surface area is 112 Å². The highest BCUT2D eigenvalue weighted by atomic mass is 19.1. The van der Waals surface area contributed by atoms with Gasteiger partial charge in [-0.15, -0.1) is 0 Å². The number of ether oxygens (including phenoxy) is 1. The van der Waals surface area contributed by atoms with Gasteiger partial charge in [-0.05, 0) is 5.56 Å². The van der Waals surface area contributed by atoms with Crippen LogP contribution in [0.4, 0.5) is 8.78 Å². The zero-order chi connectivity index (χ0) is 13.7. The van der Waals surface area contributed by atoms with E-state index in [1.807, 2.05) is 30.3 Å². The van der Waals surface area contributed by atoms with Gasteiger partial charge in [0.2, 0.25) is 0 Å². The normalized spacial score (nSPS) is 32.6. The van der Waals surface area contributed by atoms with Crippen LogP contribution < -0.4 is 0 Å². The standard InChI is InChI=1S/C11H13FO.C4H7FO/c12-10-6-11(7-10)13-8-9-4-2-1-3-5-9;5-3-1-4(6)2-3/h1-5,10-11H,6-8H2;3-4,6H,1-2H2. The van der Waals surface area contributed by atoms with E-state index in [0.29, 0.717) is 32.3 Å². The highest BCUT2D eigenvalue weighted by Gasteiger charge is 2.29. The molecule has 0 amide bonds. The van der Waals surface area contributed by atoms with Gasteiger partial charge in [0.1, 0.15) is 12.3 Å². The maximum absolute atomic E-state index is 12.4. The Kier molecular flexibility index (Phi) is 5.28. The second-order valence-corrected chi connectivity index (χ2v) is 5.21. The summed E-state index contributed by atoms with van der Waals surface area (Å²) in [5.74, 6) is 0. The van der Waals surface area contributed by atoms with Crippen LogP contribution >= 0.6 is 0 Å². The second-order valence-electron chi connectivity index (χ2n) is 5.21. The SMILES string of the molecule is FC1CC(OCc2ccccc2)C1.OC1CC(F)C1. The number of aliphatic hydroxyl groups excluding tert-OH is 1. The van der Waals surface area contributed by atoms with Crippen LogP contribution in [0.2, 0.25) is 0 Å². The summed E-state index contributed by atoms with van der Waals surface area (Å²) in [6, 6.07) is 9.98. The lowest BCUT2D eigenvalue weighted by Crippen LogP contribution is -2.32. The molecule has 106 valence electrons. The minimum Gasteiger partial charge on any atom is -0.393 e. The van der Waals surface area contributed by atoms with E-state index in [2.05, 4.69) is 0 Å². The van der Waals surface area contributed by atoms with Crippen LogP contribution in [0.3, 0.4) is 0 Å². The van der Waals surface area contributed by atoms with Gasteiger partial charge in [0, 0.05) is 25.7 Å². The molecule has 0 heterocycles. The average Bonchev–Trinajstić information content (AvgIpc) is 2.34. The summed E-state index contributed by atoms with van der Waals surface area (Å²) in [5, 5.41) is 8.38. The van der Waals surface area contributed by atoms with Crippen LogP contribution in [0.5, 0.6) is 0 Å². The molecular weight excluding hydrogens is 250 g/mol. The van der Waals surface area contributed by atoms with Crippen LogP contribution in [0.15, 0.2) is 30.3 Å². The zero-order valence-corrected chi connectivity index (χ0v) is 10.8. The predicted octanol–water partition coefficient (Wildman–Crippen LogP) is 3.18. The van der Waals surface area contributed by atoms with Gasteiger partial charge in [-0.2, -0.15) is 0 Å². The van der Waals surface area contributed by atoms with E-state index in [1.54, 1.807) is 0 Å². The molecule has 0 saturated heterocycles. The van der Waals surface area contributed by atoms with Crippen LogP contribution in [-0.4, -0.2) is 29.7 Å². The minimum atomic E-state index is -0.708. The van der Waals surface area contributed by atoms with Crippen molar-refractivity contribution in [3.63, 3.8) is 0 Å². The first-order valence-corrected chi connectivity index (χ1v) is 6.75. The van der Waals surface area contributed by atoms with Gasteiger partial charge >= 0.3 is 0 Å². The van der Waals surface area contributed by atoms with Crippen molar-refractivity contribution in [1.82, 2.24) is 0 Å². The second kappa shape index (κ2) is 6.96. The first-order chi connectivity index (χ1) is 9.13. The Hall–Kier alpha value is -1.00. The number of benzene rings is 1. The topological polar surface area (TPSA) is 29.5 Å². The Morgan fingerprint density at radius 1 is 1.00 bits per heavy atom. The minimum absolute atomic E-state index is 0.148. The smallest absolute Gasteiger partial charge is 0.105 e. The summed E-state index contributed by atoms with van der Waals surface area (Å²) >= 11 is 0. The number of aliphatic hydroxyl groups is 1. The lowest BCUT2D eigenvalue weighted by molar-refractivity contribution is -0.0496. The van der Waals surface area contributed by atoms with Crippen LogP contribution in [-0.2, 0) is 11.3 Å². The van der Waals surface area contributed by atoms with Gasteiger partial charge in [0.25, 0.3) is 0 Å². The van der Waals surface area contributed by atoms with Crippen molar-refractivity contribution < 1.29 is 18.6 Å². The van der Waals surface area contributed by atoms with Crippen molar-refractivity contribution in [2.24, 2.45) is 0 Å². The van der Waals surface area contributed by atoms with Crippen molar-refractivity contribution in [3.05, 3.63) is 35.9 Å². The van der Waals surface area contributed by atoms with Crippen molar-refractivity contribution in [2.45, 2.75) is 56.8 Å². The summed E-state index contributed by atoms with van der Waals surface area (Å²) in [6.45, 7) is 0.609. The van der Waals surface area contributed by atoms with E-state index >= 15 is 0 Å². The lowest BCUT2D eigenvalue weighted by atomic mass is 9.94. The van der Waals surface area contributed by atoms with E-state index < -0.39 is 12.3 Å². The first kappa shape index (κ1) is 14.4. The number of halogens is 2. The summed E-state index contributed by atoms with van der Waals surface area (Å²) in [7, 11) is 0. The first-order valence-electron chi connectivity index (χ1n) is 6.75. The third-order valence-corrected chi connectivity index (χ3v) is 3.42. The Morgan fingerprint density at radius 3 is 2.00 bits per heavy atom. The van der Waals surface area contributed by atoms with Gasteiger partial charge in [-0.1, -0.05) is 30.3 Å². The van der Waals surface area contributed by atoms with Crippen molar-refractivity contribution >= 4 is 0 Å². The van der Waals surface area contributed by atoms with Crippen molar-refractivity contribution in [1.29, 1.82) is 0 Å². The Morgan fingerprint density at radius 2 is 1.58 bits per heavy atom. The molecule has 19 heavy (non-hydrogen) atoms. The Bertz CT molecular complexity index is 354. The van der Waals surface area contributed by atoms with E-state index in [9.17, 15) is 8.78 Å². The monoisotopic (exact) mass is 270 g/mol.